The molecule has 29 heavy (non-hydrogen) atoms. The highest BCUT2D eigenvalue weighted by Gasteiger charge is 2.19. The zero-order chi connectivity index (χ0) is 21.4. The van der Waals surface area contributed by atoms with E-state index in [1.807, 2.05) is 6.92 Å². The summed E-state index contributed by atoms with van der Waals surface area (Å²) in [4.78, 5) is 31.0. The summed E-state index contributed by atoms with van der Waals surface area (Å²) in [7, 11) is 0. The molecule has 0 saturated carbocycles. The van der Waals surface area contributed by atoms with Gasteiger partial charge in [-0.3, -0.25) is 35.8 Å². The molecule has 0 aliphatic heterocycles. The summed E-state index contributed by atoms with van der Waals surface area (Å²) in [5.41, 5.74) is 1.53. The Labute approximate surface area is 164 Å². The average Bonchev–Trinajstić information content (AvgIpc) is 2.68. The molecular weight excluding hydrogens is 386 g/mol. The van der Waals surface area contributed by atoms with E-state index in [0.29, 0.717) is 12.2 Å². The largest absolute Gasteiger partial charge is 0.487 e. The number of hydrazone groups is 1. The Morgan fingerprint density at radius 1 is 1.00 bits per heavy atom. The van der Waals surface area contributed by atoms with Crippen molar-refractivity contribution in [3.8, 4) is 5.75 Å². The van der Waals surface area contributed by atoms with E-state index in [0.717, 1.165) is 31.0 Å². The van der Waals surface area contributed by atoms with Gasteiger partial charge in [0, 0.05) is 17.7 Å². The lowest BCUT2D eigenvalue weighted by atomic mass is 10.2. The molecule has 0 amide bonds. The number of ether oxygens (including phenoxy) is 1. The van der Waals surface area contributed by atoms with Gasteiger partial charge in [0.25, 0.3) is 5.69 Å². The summed E-state index contributed by atoms with van der Waals surface area (Å²) in [6.07, 6.45) is 2.88. The molecule has 12 nitrogen and oxygen atoms in total. The molecule has 2 aromatic rings. The van der Waals surface area contributed by atoms with Gasteiger partial charge in [0.2, 0.25) is 0 Å². The maximum atomic E-state index is 11.2. The SMILES string of the molecule is CCCCOc1ccc(/C=N\Nc2ccc([N+](=O)[O-])cc2[N+](=O)[O-])cc1[N+](=O)[O-]. The fourth-order valence-electron chi connectivity index (χ4n) is 2.26. The molecule has 0 unspecified atom stereocenters. The molecule has 0 bridgehead atoms. The predicted octanol–water partition coefficient (Wildman–Crippen LogP) is 4.04. The molecule has 0 saturated heterocycles. The summed E-state index contributed by atoms with van der Waals surface area (Å²) in [5.74, 6) is 0.138. The monoisotopic (exact) mass is 403 g/mol. The molecule has 0 atom stereocenters. The lowest BCUT2D eigenvalue weighted by Crippen LogP contribution is -2.01. The van der Waals surface area contributed by atoms with Crippen LogP contribution in [0.4, 0.5) is 22.7 Å². The number of non-ortho nitro benzene ring substituents is 1. The third kappa shape index (κ3) is 5.69. The number of nitrogens with one attached hydrogen (secondary N) is 1. The van der Waals surface area contributed by atoms with Crippen molar-refractivity contribution in [1.29, 1.82) is 0 Å². The molecule has 0 fully saturated rings. The van der Waals surface area contributed by atoms with Crippen LogP contribution in [0.15, 0.2) is 41.5 Å². The number of nitro benzene ring substituents is 3. The Hall–Kier alpha value is -4.09. The van der Waals surface area contributed by atoms with E-state index in [2.05, 4.69) is 10.5 Å². The third-order valence-electron chi connectivity index (χ3n) is 3.72. The van der Waals surface area contributed by atoms with Gasteiger partial charge in [-0.05, 0) is 24.6 Å². The second kappa shape index (κ2) is 9.73. The highest BCUT2D eigenvalue weighted by atomic mass is 16.6. The first-order valence-corrected chi connectivity index (χ1v) is 8.46. The van der Waals surface area contributed by atoms with Gasteiger partial charge in [-0.2, -0.15) is 5.10 Å². The van der Waals surface area contributed by atoms with Crippen LogP contribution in [0.25, 0.3) is 0 Å². The standard InChI is InChI=1S/C17H17N5O7/c1-2-3-8-29-17-7-4-12(9-16(17)22(27)28)11-18-19-14-6-5-13(20(23)24)10-15(14)21(25)26/h4-7,9-11,19H,2-3,8H2,1H3/b18-11-. The summed E-state index contributed by atoms with van der Waals surface area (Å²) >= 11 is 0. The van der Waals surface area contributed by atoms with Crippen LogP contribution in [-0.4, -0.2) is 27.6 Å². The molecule has 0 aliphatic carbocycles. The highest BCUT2D eigenvalue weighted by molar-refractivity contribution is 5.82. The van der Waals surface area contributed by atoms with E-state index >= 15 is 0 Å². The Morgan fingerprint density at radius 3 is 2.34 bits per heavy atom. The van der Waals surface area contributed by atoms with Crippen LogP contribution < -0.4 is 10.2 Å². The molecular formula is C17H17N5O7. The van der Waals surface area contributed by atoms with Gasteiger partial charge in [-0.1, -0.05) is 13.3 Å². The van der Waals surface area contributed by atoms with Crippen LogP contribution >= 0.6 is 0 Å². The second-order valence-corrected chi connectivity index (χ2v) is 5.77. The van der Waals surface area contributed by atoms with Crippen molar-refractivity contribution >= 4 is 29.0 Å². The van der Waals surface area contributed by atoms with E-state index in [-0.39, 0.29) is 17.1 Å². The van der Waals surface area contributed by atoms with Gasteiger partial charge < -0.3 is 4.74 Å². The minimum Gasteiger partial charge on any atom is -0.487 e. The molecule has 0 aliphatic rings. The number of nitro groups is 3. The lowest BCUT2D eigenvalue weighted by molar-refractivity contribution is -0.393. The van der Waals surface area contributed by atoms with Crippen LogP contribution in [0.5, 0.6) is 5.75 Å². The fourth-order valence-corrected chi connectivity index (χ4v) is 2.26. The number of nitrogens with zero attached hydrogens (tertiary/aromatic N) is 4. The first-order valence-electron chi connectivity index (χ1n) is 8.46. The summed E-state index contributed by atoms with van der Waals surface area (Å²) < 4.78 is 5.41. The second-order valence-electron chi connectivity index (χ2n) is 5.77. The average molecular weight is 403 g/mol. The molecule has 2 rings (SSSR count). The molecule has 2 aromatic carbocycles. The van der Waals surface area contributed by atoms with Crippen molar-refractivity contribution in [2.24, 2.45) is 5.10 Å². The third-order valence-corrected chi connectivity index (χ3v) is 3.72. The van der Waals surface area contributed by atoms with Gasteiger partial charge >= 0.3 is 11.4 Å². The molecule has 1 N–H and O–H groups in total. The summed E-state index contributed by atoms with van der Waals surface area (Å²) in [5, 5.41) is 36.9. The number of rotatable bonds is 10. The van der Waals surface area contributed by atoms with Crippen LogP contribution in [0.1, 0.15) is 25.3 Å². The van der Waals surface area contributed by atoms with Crippen LogP contribution in [0.2, 0.25) is 0 Å². The molecule has 0 heterocycles. The number of unbranched alkanes of at least 4 members (excludes halogenated alkanes) is 1. The van der Waals surface area contributed by atoms with Gasteiger partial charge in [-0.25, -0.2) is 0 Å². The Bertz CT molecular complexity index is 961. The van der Waals surface area contributed by atoms with E-state index in [4.69, 9.17) is 4.74 Å². The fraction of sp³-hybridized carbons (Fsp3) is 0.235. The van der Waals surface area contributed by atoms with Crippen molar-refractivity contribution in [2.75, 3.05) is 12.0 Å². The smallest absolute Gasteiger partial charge is 0.311 e. The minimum absolute atomic E-state index is 0.0640. The van der Waals surface area contributed by atoms with Crippen molar-refractivity contribution in [3.05, 3.63) is 72.3 Å². The molecule has 0 radical (unpaired) electrons. The van der Waals surface area contributed by atoms with Crippen molar-refractivity contribution in [1.82, 2.24) is 0 Å². The van der Waals surface area contributed by atoms with E-state index in [1.165, 1.54) is 18.3 Å². The predicted molar refractivity (Wildman–Crippen MR) is 104 cm³/mol. The Balaban J connectivity index is 2.20. The number of hydrogen-bond acceptors (Lipinski definition) is 9. The summed E-state index contributed by atoms with van der Waals surface area (Å²) in [6, 6.07) is 7.31. The van der Waals surface area contributed by atoms with Crippen LogP contribution in [0.3, 0.4) is 0 Å². The van der Waals surface area contributed by atoms with E-state index in [1.54, 1.807) is 6.07 Å². The zero-order valence-corrected chi connectivity index (χ0v) is 15.3. The molecule has 0 aromatic heterocycles. The van der Waals surface area contributed by atoms with Gasteiger partial charge in [0.05, 0.1) is 33.7 Å². The quantitative estimate of drug-likeness (QED) is 0.269. The van der Waals surface area contributed by atoms with Gasteiger partial charge in [-0.15, -0.1) is 0 Å². The van der Waals surface area contributed by atoms with Gasteiger partial charge in [0.1, 0.15) is 5.69 Å². The Kier molecular flexibility index (Phi) is 7.12. The van der Waals surface area contributed by atoms with E-state index in [9.17, 15) is 30.3 Å². The maximum absolute atomic E-state index is 11.2. The number of anilines is 1. The Morgan fingerprint density at radius 2 is 1.72 bits per heavy atom. The lowest BCUT2D eigenvalue weighted by Gasteiger charge is -2.06. The van der Waals surface area contributed by atoms with Crippen LogP contribution in [-0.2, 0) is 0 Å². The zero-order valence-electron chi connectivity index (χ0n) is 15.3. The molecule has 12 heteroatoms. The summed E-state index contributed by atoms with van der Waals surface area (Å²) in [6.45, 7) is 2.33. The number of benzene rings is 2. The first-order chi connectivity index (χ1) is 13.8. The highest BCUT2D eigenvalue weighted by Crippen LogP contribution is 2.29. The van der Waals surface area contributed by atoms with Crippen molar-refractivity contribution < 1.29 is 19.5 Å². The number of hydrogen-bond donors (Lipinski definition) is 1. The maximum Gasteiger partial charge on any atom is 0.311 e. The normalized spacial score (nSPS) is 10.7. The topological polar surface area (TPSA) is 163 Å². The molecule has 0 spiro atoms. The van der Waals surface area contributed by atoms with Gasteiger partial charge in [0.15, 0.2) is 5.75 Å². The van der Waals surface area contributed by atoms with Crippen molar-refractivity contribution in [3.63, 3.8) is 0 Å². The first kappa shape index (κ1) is 21.2. The molecule has 152 valence electrons. The van der Waals surface area contributed by atoms with E-state index < -0.39 is 26.1 Å². The van der Waals surface area contributed by atoms with Crippen LogP contribution in [0, 0.1) is 30.3 Å². The van der Waals surface area contributed by atoms with Crippen molar-refractivity contribution in [2.45, 2.75) is 19.8 Å². The minimum atomic E-state index is -0.780.